The molecule has 2 aliphatic heterocycles. The van der Waals surface area contributed by atoms with Gasteiger partial charge in [-0.05, 0) is 43.4 Å². The van der Waals surface area contributed by atoms with E-state index in [9.17, 15) is 17.6 Å². The molecule has 1 N–H and O–H groups in total. The van der Waals surface area contributed by atoms with E-state index in [0.717, 1.165) is 31.0 Å². The Morgan fingerprint density at radius 2 is 1.79 bits per heavy atom. The maximum atomic E-state index is 13.4. The maximum Gasteiger partial charge on any atom is 0.277 e. The topological polar surface area (TPSA) is 62.1 Å². The second-order valence-corrected chi connectivity index (χ2v) is 10.7. The first kappa shape index (κ1) is 20.8. The second kappa shape index (κ2) is 8.70. The molecule has 4 rings (SSSR count). The minimum atomic E-state index is -3.72. The average molecular weight is 425 g/mol. The molecule has 1 aromatic rings. The van der Waals surface area contributed by atoms with Crippen molar-refractivity contribution in [2.45, 2.75) is 37.0 Å². The summed E-state index contributed by atoms with van der Waals surface area (Å²) in [6.45, 7) is 3.99. The number of halogens is 1. The first-order valence-electron chi connectivity index (χ1n) is 10.8. The third-order valence-electron chi connectivity index (χ3n) is 6.91. The Hall–Kier alpha value is -1.51. The number of nitrogens with one attached hydrogen (secondary N) is 1. The normalized spacial score (nSPS) is 28.7. The first-order chi connectivity index (χ1) is 13.9. The molecule has 3 aliphatic rings. The molecule has 1 saturated carbocycles. The van der Waals surface area contributed by atoms with Gasteiger partial charge in [-0.2, -0.15) is 4.31 Å². The Balaban J connectivity index is 1.29. The lowest BCUT2D eigenvalue weighted by atomic mass is 9.75. The van der Waals surface area contributed by atoms with Crippen LogP contribution in [0, 0.1) is 17.7 Å². The first-order valence-corrected chi connectivity index (χ1v) is 12.2. The van der Waals surface area contributed by atoms with Crippen LogP contribution in [0.15, 0.2) is 29.2 Å². The fourth-order valence-corrected chi connectivity index (χ4v) is 6.69. The van der Waals surface area contributed by atoms with Gasteiger partial charge in [0.05, 0.1) is 18.0 Å². The molecule has 8 heteroatoms. The molecule has 1 aliphatic carbocycles. The van der Waals surface area contributed by atoms with Gasteiger partial charge in [0.25, 0.3) is 5.91 Å². The van der Waals surface area contributed by atoms with Gasteiger partial charge in [0.1, 0.15) is 5.82 Å². The van der Waals surface area contributed by atoms with Gasteiger partial charge in [0.2, 0.25) is 10.0 Å². The molecule has 1 unspecified atom stereocenters. The van der Waals surface area contributed by atoms with Crippen molar-refractivity contribution < 1.29 is 22.5 Å². The number of carbonyl (C=O) groups excluding carboxylic acids is 1. The number of rotatable bonds is 4. The van der Waals surface area contributed by atoms with Crippen LogP contribution < -0.4 is 4.90 Å². The summed E-state index contributed by atoms with van der Waals surface area (Å²) in [5.41, 5.74) is 0. The van der Waals surface area contributed by atoms with Crippen molar-refractivity contribution >= 4 is 15.9 Å². The van der Waals surface area contributed by atoms with E-state index in [1.807, 2.05) is 0 Å². The fourth-order valence-electron chi connectivity index (χ4n) is 5.24. The third kappa shape index (κ3) is 4.64. The van der Waals surface area contributed by atoms with Gasteiger partial charge in [-0.15, -0.1) is 0 Å². The molecule has 3 atom stereocenters. The average Bonchev–Trinajstić information content (AvgIpc) is 2.74. The summed E-state index contributed by atoms with van der Waals surface area (Å²) in [6, 6.07) is 5.09. The molecule has 29 heavy (non-hydrogen) atoms. The smallest absolute Gasteiger partial charge is 0.277 e. The number of benzene rings is 1. The van der Waals surface area contributed by atoms with Crippen molar-refractivity contribution in [3.05, 3.63) is 30.1 Å². The summed E-state index contributed by atoms with van der Waals surface area (Å²) < 4.78 is 40.2. The highest BCUT2D eigenvalue weighted by Crippen LogP contribution is 2.32. The van der Waals surface area contributed by atoms with Crippen LogP contribution in [0.25, 0.3) is 0 Å². The second-order valence-electron chi connectivity index (χ2n) is 8.72. The number of quaternary nitrogens is 1. The number of piperazine rings is 1. The molecule has 2 saturated heterocycles. The summed E-state index contributed by atoms with van der Waals surface area (Å²) in [5, 5.41) is 0. The number of fused-ring (bicyclic) bond motifs is 1. The van der Waals surface area contributed by atoms with Crippen LogP contribution in [0.1, 0.15) is 32.1 Å². The zero-order valence-corrected chi connectivity index (χ0v) is 17.7. The number of hydrogen-bond donors (Lipinski definition) is 1. The van der Waals surface area contributed by atoms with Gasteiger partial charge < -0.3 is 9.80 Å². The number of nitrogens with zero attached hydrogens (tertiary/aromatic N) is 2. The molecule has 0 radical (unpaired) electrons. The van der Waals surface area contributed by atoms with Crippen LogP contribution in [0.3, 0.4) is 0 Å². The number of amides is 1. The van der Waals surface area contributed by atoms with Gasteiger partial charge in [0.15, 0.2) is 6.54 Å². The zero-order valence-electron chi connectivity index (χ0n) is 16.9. The van der Waals surface area contributed by atoms with E-state index in [4.69, 9.17) is 0 Å². The van der Waals surface area contributed by atoms with Crippen LogP contribution in [0.5, 0.6) is 0 Å². The highest BCUT2D eigenvalue weighted by molar-refractivity contribution is 7.89. The lowest BCUT2D eigenvalue weighted by molar-refractivity contribution is -0.903. The standard InChI is InChI=1S/C21H30FN3O3S/c22-19-6-3-7-20(14-19)29(27,28)25-12-10-24(11-13-25)21(26)16-23-9-8-17-4-1-2-5-18(17)15-23/h3,6-7,14,17-18H,1-2,4-5,8-13,15-16H2/p+1/t17-,18+/m0/s1. The Labute approximate surface area is 172 Å². The van der Waals surface area contributed by atoms with E-state index in [1.54, 1.807) is 4.90 Å². The highest BCUT2D eigenvalue weighted by Gasteiger charge is 2.36. The van der Waals surface area contributed by atoms with Crippen molar-refractivity contribution in [3.8, 4) is 0 Å². The van der Waals surface area contributed by atoms with Crippen LogP contribution in [-0.4, -0.2) is 69.3 Å². The van der Waals surface area contributed by atoms with Crippen molar-refractivity contribution in [1.29, 1.82) is 0 Å². The number of sulfonamides is 1. The SMILES string of the molecule is O=C(C[NH+]1CC[C@@H]2CCCC[C@@H]2C1)N1CCN(S(=O)(=O)c2cccc(F)c2)CC1. The van der Waals surface area contributed by atoms with Crippen LogP contribution in [-0.2, 0) is 14.8 Å². The molecule has 6 nitrogen and oxygen atoms in total. The summed E-state index contributed by atoms with van der Waals surface area (Å²) in [6.07, 6.45) is 6.57. The van der Waals surface area contributed by atoms with Gasteiger partial charge in [0, 0.05) is 32.1 Å². The zero-order chi connectivity index (χ0) is 20.4. The van der Waals surface area contributed by atoms with Crippen molar-refractivity contribution in [2.24, 2.45) is 11.8 Å². The molecule has 160 valence electrons. The van der Waals surface area contributed by atoms with Crippen molar-refractivity contribution in [3.63, 3.8) is 0 Å². The van der Waals surface area contributed by atoms with Gasteiger partial charge >= 0.3 is 0 Å². The van der Waals surface area contributed by atoms with Crippen LogP contribution in [0.4, 0.5) is 4.39 Å². The third-order valence-corrected chi connectivity index (χ3v) is 8.81. The molecule has 1 amide bonds. The van der Waals surface area contributed by atoms with E-state index in [-0.39, 0.29) is 23.9 Å². The molecular formula is C21H31FN3O3S+. The Kier molecular flexibility index (Phi) is 6.22. The maximum absolute atomic E-state index is 13.4. The van der Waals surface area contributed by atoms with Gasteiger partial charge in [-0.3, -0.25) is 4.79 Å². The molecular weight excluding hydrogens is 393 g/mol. The fraction of sp³-hybridized carbons (Fsp3) is 0.667. The van der Waals surface area contributed by atoms with E-state index in [1.165, 1.54) is 59.5 Å². The van der Waals surface area contributed by atoms with Crippen molar-refractivity contribution in [2.75, 3.05) is 45.8 Å². The molecule has 0 aromatic heterocycles. The lowest BCUT2D eigenvalue weighted by Gasteiger charge is -2.39. The monoisotopic (exact) mass is 424 g/mol. The minimum absolute atomic E-state index is 0.0305. The van der Waals surface area contributed by atoms with E-state index < -0.39 is 15.8 Å². The van der Waals surface area contributed by atoms with Gasteiger partial charge in [-0.25, -0.2) is 12.8 Å². The summed E-state index contributed by atoms with van der Waals surface area (Å²) >= 11 is 0. The highest BCUT2D eigenvalue weighted by atomic mass is 32.2. The molecule has 1 aromatic carbocycles. The Bertz CT molecular complexity index is 839. The molecule has 0 bridgehead atoms. The summed E-state index contributed by atoms with van der Waals surface area (Å²) in [7, 11) is -3.72. The summed E-state index contributed by atoms with van der Waals surface area (Å²) in [5.74, 6) is 1.19. The number of hydrogen-bond acceptors (Lipinski definition) is 3. The predicted octanol–water partition coefficient (Wildman–Crippen LogP) is 0.754. The molecule has 3 fully saturated rings. The number of carbonyl (C=O) groups is 1. The quantitative estimate of drug-likeness (QED) is 0.776. The lowest BCUT2D eigenvalue weighted by Crippen LogP contribution is -3.15. The molecule has 2 heterocycles. The van der Waals surface area contributed by atoms with Crippen molar-refractivity contribution in [1.82, 2.24) is 9.21 Å². The Morgan fingerprint density at radius 3 is 2.52 bits per heavy atom. The predicted molar refractivity (Wildman–Crippen MR) is 107 cm³/mol. The van der Waals surface area contributed by atoms with Crippen LogP contribution in [0.2, 0.25) is 0 Å². The van der Waals surface area contributed by atoms with E-state index in [2.05, 4.69) is 0 Å². The number of piperidine rings is 1. The minimum Gasteiger partial charge on any atom is -0.335 e. The Morgan fingerprint density at radius 1 is 1.07 bits per heavy atom. The van der Waals surface area contributed by atoms with Crippen LogP contribution >= 0.6 is 0 Å². The largest absolute Gasteiger partial charge is 0.335 e. The van der Waals surface area contributed by atoms with E-state index in [0.29, 0.717) is 19.6 Å². The molecule has 0 spiro atoms. The van der Waals surface area contributed by atoms with E-state index >= 15 is 0 Å². The van der Waals surface area contributed by atoms with Gasteiger partial charge in [-0.1, -0.05) is 18.9 Å². The summed E-state index contributed by atoms with van der Waals surface area (Å²) in [4.78, 5) is 15.9. The number of likely N-dealkylation sites (tertiary alicyclic amines) is 1.